The Labute approximate surface area is 506 Å². The van der Waals surface area contributed by atoms with Gasteiger partial charge in [0.2, 0.25) is 5.91 Å². The number of nitrogens with zero attached hydrogens (tertiary/aromatic N) is 1. The fourth-order valence-corrected chi connectivity index (χ4v) is 11.8. The standard InChI is InChI=1S/C72H141N2O6P/c1-6-8-10-12-14-16-18-20-22-24-26-28-30-32-34-35-36-37-38-39-40-42-44-46-48-50-52-54-56-58-60-62-64-66-72(76)73-70(69-80-81(77,78)79-68-67-74(3,4)5)71(75)65-63-61-59-57-55-53-51-49-47-45-43-41-33-31-29-27-25-23-21-19-17-15-13-11-9-7-2/h18,20,24,26,63,65,70-71,75H,6-17,19,21-23,25,27-62,64,66-69H2,1-5H3,(H-,73,76,77,78)/p+1/b20-18-,26-24-,65-63+. The zero-order chi connectivity index (χ0) is 59.1. The number of aliphatic hydroxyl groups is 1. The molecule has 0 fully saturated rings. The first-order chi connectivity index (χ1) is 39.5. The van der Waals surface area contributed by atoms with Crippen LogP contribution in [0.1, 0.15) is 367 Å². The number of rotatable bonds is 67. The van der Waals surface area contributed by atoms with E-state index in [4.69, 9.17) is 9.05 Å². The fourth-order valence-electron chi connectivity index (χ4n) is 11.0. The van der Waals surface area contributed by atoms with Gasteiger partial charge < -0.3 is 19.8 Å². The third kappa shape index (κ3) is 66.1. The quantitative estimate of drug-likeness (QED) is 0.0243. The fraction of sp³-hybridized carbons (Fsp3) is 0.903. The number of aliphatic hydroxyl groups excluding tert-OH is 1. The van der Waals surface area contributed by atoms with Crippen LogP contribution in [0.2, 0.25) is 0 Å². The predicted molar refractivity (Wildman–Crippen MR) is 355 cm³/mol. The Morgan fingerprint density at radius 1 is 0.420 bits per heavy atom. The largest absolute Gasteiger partial charge is 0.472 e. The molecule has 0 saturated carbocycles. The molecular formula is C72H142N2O6P+. The number of nitrogens with one attached hydrogen (secondary N) is 1. The monoisotopic (exact) mass is 1160 g/mol. The zero-order valence-electron chi connectivity index (χ0n) is 55.1. The number of likely N-dealkylation sites (N-methyl/N-ethyl adjacent to an activating group) is 1. The molecule has 0 radical (unpaired) electrons. The molecule has 8 nitrogen and oxygen atoms in total. The van der Waals surface area contributed by atoms with Crippen molar-refractivity contribution in [3.8, 4) is 0 Å². The maximum Gasteiger partial charge on any atom is 0.472 e. The van der Waals surface area contributed by atoms with Crippen LogP contribution in [0.3, 0.4) is 0 Å². The lowest BCUT2D eigenvalue weighted by molar-refractivity contribution is -0.870. The lowest BCUT2D eigenvalue weighted by Gasteiger charge is -2.25. The third-order valence-corrected chi connectivity index (χ3v) is 17.6. The molecule has 0 aliphatic rings. The number of unbranched alkanes of at least 4 members (excludes halogenated alkanes) is 50. The van der Waals surface area contributed by atoms with Crippen LogP contribution in [-0.4, -0.2) is 73.4 Å². The van der Waals surface area contributed by atoms with E-state index in [0.29, 0.717) is 17.4 Å². The molecule has 0 aromatic carbocycles. The van der Waals surface area contributed by atoms with E-state index < -0.39 is 20.0 Å². The minimum absolute atomic E-state index is 0.0638. The summed E-state index contributed by atoms with van der Waals surface area (Å²) >= 11 is 0. The normalized spacial score (nSPS) is 13.8. The van der Waals surface area contributed by atoms with Gasteiger partial charge in [0.15, 0.2) is 0 Å². The van der Waals surface area contributed by atoms with Crippen molar-refractivity contribution in [3.63, 3.8) is 0 Å². The number of phosphoric ester groups is 1. The average molecular weight is 1160 g/mol. The summed E-state index contributed by atoms with van der Waals surface area (Å²) in [6.07, 6.45) is 84.4. The number of carbonyl (C=O) groups excluding carboxylic acids is 1. The van der Waals surface area contributed by atoms with E-state index in [0.717, 1.165) is 38.5 Å². The van der Waals surface area contributed by atoms with Crippen molar-refractivity contribution in [2.75, 3.05) is 40.9 Å². The molecule has 3 N–H and O–H groups in total. The van der Waals surface area contributed by atoms with Crippen LogP contribution in [-0.2, 0) is 18.4 Å². The summed E-state index contributed by atoms with van der Waals surface area (Å²) < 4.78 is 23.8. The van der Waals surface area contributed by atoms with Gasteiger partial charge in [-0.2, -0.15) is 0 Å². The Hall–Kier alpha value is -1.28. The molecular weight excluding hydrogens is 1020 g/mol. The van der Waals surface area contributed by atoms with E-state index in [-0.39, 0.29) is 19.1 Å². The van der Waals surface area contributed by atoms with Crippen LogP contribution in [0.4, 0.5) is 0 Å². The highest BCUT2D eigenvalue weighted by Gasteiger charge is 2.28. The van der Waals surface area contributed by atoms with Crippen LogP contribution in [0.5, 0.6) is 0 Å². The number of quaternary nitrogens is 1. The summed E-state index contributed by atoms with van der Waals surface area (Å²) in [6.45, 7) is 4.87. The minimum Gasteiger partial charge on any atom is -0.387 e. The maximum absolute atomic E-state index is 13.1. The number of phosphoric acid groups is 1. The molecule has 81 heavy (non-hydrogen) atoms. The highest BCUT2D eigenvalue weighted by atomic mass is 31.2. The molecule has 0 rings (SSSR count). The summed E-state index contributed by atoms with van der Waals surface area (Å²) in [6, 6.07) is -0.846. The van der Waals surface area contributed by atoms with Gasteiger partial charge in [-0.05, 0) is 51.4 Å². The molecule has 0 aromatic rings. The van der Waals surface area contributed by atoms with E-state index >= 15 is 0 Å². The van der Waals surface area contributed by atoms with Crippen LogP contribution >= 0.6 is 7.82 Å². The van der Waals surface area contributed by atoms with Gasteiger partial charge in [0.05, 0.1) is 39.9 Å². The van der Waals surface area contributed by atoms with Gasteiger partial charge in [0.25, 0.3) is 0 Å². The van der Waals surface area contributed by atoms with Gasteiger partial charge >= 0.3 is 7.82 Å². The predicted octanol–water partition coefficient (Wildman–Crippen LogP) is 22.8. The van der Waals surface area contributed by atoms with Crippen LogP contribution in [0, 0.1) is 0 Å². The number of amides is 1. The number of carbonyl (C=O) groups is 1. The lowest BCUT2D eigenvalue weighted by Crippen LogP contribution is -2.45. The van der Waals surface area contributed by atoms with Crippen molar-refractivity contribution in [2.45, 2.75) is 379 Å². The number of hydrogen-bond donors (Lipinski definition) is 3. The molecule has 9 heteroatoms. The Kier molecular flexibility index (Phi) is 62.2. The van der Waals surface area contributed by atoms with Crippen molar-refractivity contribution >= 4 is 13.7 Å². The summed E-state index contributed by atoms with van der Waals surface area (Å²) in [5, 5.41) is 14.0. The molecule has 0 saturated heterocycles. The molecule has 0 aromatic heterocycles. The van der Waals surface area contributed by atoms with Crippen molar-refractivity contribution in [3.05, 3.63) is 36.5 Å². The van der Waals surface area contributed by atoms with Crippen LogP contribution < -0.4 is 5.32 Å². The third-order valence-electron chi connectivity index (χ3n) is 16.6. The Morgan fingerprint density at radius 3 is 1.01 bits per heavy atom. The average Bonchev–Trinajstić information content (AvgIpc) is 3.43. The van der Waals surface area contributed by atoms with Gasteiger partial charge in [-0.3, -0.25) is 13.8 Å². The smallest absolute Gasteiger partial charge is 0.387 e. The maximum atomic E-state index is 13.1. The number of hydrogen-bond acceptors (Lipinski definition) is 5. The van der Waals surface area contributed by atoms with Gasteiger partial charge in [-0.1, -0.05) is 346 Å². The highest BCUT2D eigenvalue weighted by molar-refractivity contribution is 7.47. The molecule has 0 spiro atoms. The molecule has 3 atom stereocenters. The summed E-state index contributed by atoms with van der Waals surface area (Å²) in [7, 11) is 1.59. The summed E-state index contributed by atoms with van der Waals surface area (Å²) in [5.74, 6) is -0.169. The van der Waals surface area contributed by atoms with Gasteiger partial charge in [0.1, 0.15) is 13.2 Å². The topological polar surface area (TPSA) is 105 Å². The van der Waals surface area contributed by atoms with Crippen LogP contribution in [0.15, 0.2) is 36.5 Å². The van der Waals surface area contributed by atoms with E-state index in [1.54, 1.807) is 6.08 Å². The summed E-state index contributed by atoms with van der Waals surface area (Å²) in [5.41, 5.74) is 0. The number of allylic oxidation sites excluding steroid dienone is 5. The summed E-state index contributed by atoms with van der Waals surface area (Å²) in [4.78, 5) is 23.4. The van der Waals surface area contributed by atoms with Gasteiger partial charge in [0, 0.05) is 6.42 Å². The van der Waals surface area contributed by atoms with Crippen LogP contribution in [0.25, 0.3) is 0 Å². The van der Waals surface area contributed by atoms with E-state index in [9.17, 15) is 19.4 Å². The second kappa shape index (κ2) is 63.2. The zero-order valence-corrected chi connectivity index (χ0v) is 55.9. The lowest BCUT2D eigenvalue weighted by atomic mass is 10.0. The molecule has 480 valence electrons. The van der Waals surface area contributed by atoms with Crippen molar-refractivity contribution in [1.29, 1.82) is 0 Å². The molecule has 3 unspecified atom stereocenters. The second-order valence-corrected chi connectivity index (χ2v) is 27.4. The SMILES string of the molecule is CCCCCCC/C=C\C/C=C\CCCCCCCCCCCCCCCCCCCCCCCC(=O)NC(COP(=O)(O)OCC[N+](C)(C)C)C(O)/C=C/CCCCCCCCCCCCCCCCCCCCCCCCCC. The van der Waals surface area contributed by atoms with Crippen molar-refractivity contribution < 1.29 is 32.9 Å². The highest BCUT2D eigenvalue weighted by Crippen LogP contribution is 2.43. The first kappa shape index (κ1) is 79.7. The van der Waals surface area contributed by atoms with E-state index in [1.807, 2.05) is 27.2 Å². The molecule has 0 bridgehead atoms. The molecule has 1 amide bonds. The second-order valence-electron chi connectivity index (χ2n) is 26.0. The van der Waals surface area contributed by atoms with Gasteiger partial charge in [-0.25, -0.2) is 4.57 Å². The Balaban J connectivity index is 4.01. The van der Waals surface area contributed by atoms with Crippen molar-refractivity contribution in [2.24, 2.45) is 0 Å². The minimum atomic E-state index is -4.35. The van der Waals surface area contributed by atoms with Gasteiger partial charge in [-0.15, -0.1) is 0 Å². The molecule has 0 aliphatic carbocycles. The first-order valence-corrected chi connectivity index (χ1v) is 37.4. The van der Waals surface area contributed by atoms with E-state index in [1.165, 1.54) is 308 Å². The van der Waals surface area contributed by atoms with Crippen molar-refractivity contribution in [1.82, 2.24) is 5.32 Å². The molecule has 0 heterocycles. The molecule has 0 aliphatic heterocycles. The Bertz CT molecular complexity index is 1410. The van der Waals surface area contributed by atoms with E-state index in [2.05, 4.69) is 43.5 Å². The first-order valence-electron chi connectivity index (χ1n) is 35.9. The Morgan fingerprint density at radius 2 is 0.704 bits per heavy atom.